The van der Waals surface area contributed by atoms with Gasteiger partial charge in [-0.1, -0.05) is 29.3 Å². The van der Waals surface area contributed by atoms with Crippen LogP contribution in [-0.4, -0.2) is 19.9 Å². The minimum absolute atomic E-state index is 0.335. The molecule has 0 spiro atoms. The van der Waals surface area contributed by atoms with Crippen LogP contribution in [0.15, 0.2) is 30.9 Å². The van der Waals surface area contributed by atoms with Crippen LogP contribution in [-0.2, 0) is 6.61 Å². The van der Waals surface area contributed by atoms with Gasteiger partial charge < -0.3 is 9.72 Å². The Morgan fingerprint density at radius 1 is 1.11 bits per heavy atom. The van der Waals surface area contributed by atoms with Crippen LogP contribution in [0.2, 0.25) is 10.0 Å². The monoisotopic (exact) mass is 294 g/mol. The van der Waals surface area contributed by atoms with Crippen molar-refractivity contribution >= 4 is 34.4 Å². The molecule has 0 saturated heterocycles. The molecular weight excluding hydrogens is 287 g/mol. The van der Waals surface area contributed by atoms with E-state index in [4.69, 9.17) is 27.9 Å². The number of hydrogen-bond acceptors (Lipinski definition) is 4. The number of H-pyrrole nitrogens is 1. The Bertz CT molecular complexity index is 729. The third-order valence-corrected chi connectivity index (χ3v) is 3.29. The highest BCUT2D eigenvalue weighted by atomic mass is 35.5. The summed E-state index contributed by atoms with van der Waals surface area (Å²) in [6.07, 6.45) is 2.96. The molecular formula is C12H8Cl2N4O. The topological polar surface area (TPSA) is 63.7 Å². The fraction of sp³-hybridized carbons (Fsp3) is 0.0833. The number of rotatable bonds is 3. The molecule has 2 aromatic heterocycles. The number of fused-ring (bicyclic) bond motifs is 1. The number of halogens is 2. The van der Waals surface area contributed by atoms with E-state index < -0.39 is 0 Å². The summed E-state index contributed by atoms with van der Waals surface area (Å²) in [6, 6.07) is 5.34. The maximum atomic E-state index is 5.94. The largest absolute Gasteiger partial charge is 0.471 e. The second-order valence-electron chi connectivity index (χ2n) is 3.82. The molecule has 2 heterocycles. The molecule has 7 heteroatoms. The van der Waals surface area contributed by atoms with Crippen molar-refractivity contribution in [3.63, 3.8) is 0 Å². The fourth-order valence-corrected chi connectivity index (χ4v) is 1.95. The molecule has 0 aliphatic heterocycles. The lowest BCUT2D eigenvalue weighted by Crippen LogP contribution is -1.98. The van der Waals surface area contributed by atoms with Crippen molar-refractivity contribution in [2.75, 3.05) is 0 Å². The van der Waals surface area contributed by atoms with Crippen molar-refractivity contribution in [1.29, 1.82) is 0 Å². The van der Waals surface area contributed by atoms with Gasteiger partial charge in [-0.25, -0.2) is 9.97 Å². The van der Waals surface area contributed by atoms with E-state index in [0.29, 0.717) is 33.7 Å². The lowest BCUT2D eigenvalue weighted by molar-refractivity contribution is 0.297. The Kier molecular flexibility index (Phi) is 3.23. The fourth-order valence-electron chi connectivity index (χ4n) is 1.63. The highest BCUT2D eigenvalue weighted by Crippen LogP contribution is 2.24. The van der Waals surface area contributed by atoms with Crippen molar-refractivity contribution < 1.29 is 4.74 Å². The molecule has 3 rings (SSSR count). The van der Waals surface area contributed by atoms with Gasteiger partial charge in [0.1, 0.15) is 18.5 Å². The number of hydrogen-bond donors (Lipinski definition) is 1. The van der Waals surface area contributed by atoms with E-state index in [1.807, 2.05) is 6.07 Å². The molecule has 19 heavy (non-hydrogen) atoms. The molecule has 0 radical (unpaired) electrons. The Morgan fingerprint density at radius 3 is 2.84 bits per heavy atom. The second-order valence-corrected chi connectivity index (χ2v) is 4.63. The summed E-state index contributed by atoms with van der Waals surface area (Å²) in [7, 11) is 0. The van der Waals surface area contributed by atoms with Crippen LogP contribution in [0.1, 0.15) is 5.56 Å². The van der Waals surface area contributed by atoms with Gasteiger partial charge in [0.2, 0.25) is 5.88 Å². The van der Waals surface area contributed by atoms with E-state index in [1.165, 1.54) is 6.33 Å². The van der Waals surface area contributed by atoms with Crippen LogP contribution >= 0.6 is 23.2 Å². The van der Waals surface area contributed by atoms with Crippen molar-refractivity contribution in [1.82, 2.24) is 19.9 Å². The molecule has 5 nitrogen and oxygen atoms in total. The smallest absolute Gasteiger partial charge is 0.243 e. The van der Waals surface area contributed by atoms with Gasteiger partial charge in [0.25, 0.3) is 0 Å². The SMILES string of the molecule is Clc1ccc(COc2ncnc3nc[nH]c23)cc1Cl. The first kappa shape index (κ1) is 12.2. The minimum Gasteiger partial charge on any atom is -0.471 e. The molecule has 0 bridgehead atoms. The van der Waals surface area contributed by atoms with E-state index in [9.17, 15) is 0 Å². The maximum Gasteiger partial charge on any atom is 0.243 e. The van der Waals surface area contributed by atoms with Crippen LogP contribution in [0.4, 0.5) is 0 Å². The summed E-state index contributed by atoms with van der Waals surface area (Å²) in [5.41, 5.74) is 2.14. The molecule has 0 saturated carbocycles. The standard InChI is InChI=1S/C12H8Cl2N4O/c13-8-2-1-7(3-9(8)14)4-19-12-10-11(16-5-15-10)17-6-18-12/h1-3,5-6H,4H2,(H,15,16,17,18). The van der Waals surface area contributed by atoms with Crippen LogP contribution < -0.4 is 4.74 Å². The first-order chi connectivity index (χ1) is 9.24. The predicted octanol–water partition coefficient (Wildman–Crippen LogP) is 3.24. The molecule has 96 valence electrons. The van der Waals surface area contributed by atoms with Crippen LogP contribution in [0.5, 0.6) is 5.88 Å². The zero-order chi connectivity index (χ0) is 13.2. The molecule has 0 aliphatic rings. The third kappa shape index (κ3) is 2.47. The van der Waals surface area contributed by atoms with Crippen molar-refractivity contribution in [2.45, 2.75) is 6.61 Å². The number of nitrogens with zero attached hydrogens (tertiary/aromatic N) is 3. The maximum absolute atomic E-state index is 5.94. The summed E-state index contributed by atoms with van der Waals surface area (Å²) < 4.78 is 5.63. The average molecular weight is 295 g/mol. The highest BCUT2D eigenvalue weighted by Gasteiger charge is 2.07. The third-order valence-electron chi connectivity index (χ3n) is 2.55. The molecule has 0 aliphatic carbocycles. The van der Waals surface area contributed by atoms with Gasteiger partial charge >= 0.3 is 0 Å². The number of aromatic nitrogens is 4. The first-order valence-electron chi connectivity index (χ1n) is 5.45. The summed E-state index contributed by atoms with van der Waals surface area (Å²) in [5.74, 6) is 0.452. The molecule has 1 N–H and O–H groups in total. The Morgan fingerprint density at radius 2 is 2.00 bits per heavy atom. The normalized spacial score (nSPS) is 10.8. The van der Waals surface area contributed by atoms with E-state index in [-0.39, 0.29) is 0 Å². The van der Waals surface area contributed by atoms with E-state index in [1.54, 1.807) is 18.5 Å². The summed E-state index contributed by atoms with van der Waals surface area (Å²) in [5, 5.41) is 1.01. The summed E-state index contributed by atoms with van der Waals surface area (Å²) >= 11 is 11.8. The number of ether oxygens (including phenoxy) is 1. The first-order valence-corrected chi connectivity index (χ1v) is 6.20. The van der Waals surface area contributed by atoms with Crippen LogP contribution in [0, 0.1) is 0 Å². The zero-order valence-corrected chi connectivity index (χ0v) is 11.1. The minimum atomic E-state index is 0.335. The zero-order valence-electron chi connectivity index (χ0n) is 9.60. The molecule has 3 aromatic rings. The highest BCUT2D eigenvalue weighted by molar-refractivity contribution is 6.42. The number of imidazole rings is 1. The number of benzene rings is 1. The summed E-state index contributed by atoms with van der Waals surface area (Å²) in [6.45, 7) is 0.335. The Labute approximate surface area is 118 Å². The summed E-state index contributed by atoms with van der Waals surface area (Å²) in [4.78, 5) is 15.1. The van der Waals surface area contributed by atoms with Gasteiger partial charge in [-0.3, -0.25) is 0 Å². The van der Waals surface area contributed by atoms with Gasteiger partial charge in [-0.2, -0.15) is 4.98 Å². The van der Waals surface area contributed by atoms with Crippen molar-refractivity contribution in [2.24, 2.45) is 0 Å². The van der Waals surface area contributed by atoms with Gasteiger partial charge in [0.15, 0.2) is 5.65 Å². The number of aromatic amines is 1. The molecule has 0 amide bonds. The van der Waals surface area contributed by atoms with Gasteiger partial charge in [-0.05, 0) is 17.7 Å². The van der Waals surface area contributed by atoms with E-state index >= 15 is 0 Å². The molecule has 0 unspecified atom stereocenters. The quantitative estimate of drug-likeness (QED) is 0.805. The van der Waals surface area contributed by atoms with Crippen LogP contribution in [0.25, 0.3) is 11.2 Å². The van der Waals surface area contributed by atoms with E-state index in [0.717, 1.165) is 5.56 Å². The Hall–Kier alpha value is -1.85. The van der Waals surface area contributed by atoms with Gasteiger partial charge in [0.05, 0.1) is 16.4 Å². The Balaban J connectivity index is 1.82. The van der Waals surface area contributed by atoms with Gasteiger partial charge in [-0.15, -0.1) is 0 Å². The molecule has 1 aromatic carbocycles. The average Bonchev–Trinajstić information content (AvgIpc) is 2.89. The molecule has 0 fully saturated rings. The lowest BCUT2D eigenvalue weighted by Gasteiger charge is -2.06. The second kappa shape index (κ2) is 5.03. The predicted molar refractivity (Wildman–Crippen MR) is 72.5 cm³/mol. The lowest BCUT2D eigenvalue weighted by atomic mass is 10.2. The van der Waals surface area contributed by atoms with Gasteiger partial charge in [0, 0.05) is 0 Å². The van der Waals surface area contributed by atoms with E-state index in [2.05, 4.69) is 19.9 Å². The van der Waals surface area contributed by atoms with Crippen molar-refractivity contribution in [3.8, 4) is 5.88 Å². The molecule has 0 atom stereocenters. The van der Waals surface area contributed by atoms with Crippen molar-refractivity contribution in [3.05, 3.63) is 46.5 Å². The number of nitrogens with one attached hydrogen (secondary N) is 1. The van der Waals surface area contributed by atoms with Crippen LogP contribution in [0.3, 0.4) is 0 Å².